The van der Waals surface area contributed by atoms with Crippen LogP contribution in [0, 0.1) is 0 Å². The summed E-state index contributed by atoms with van der Waals surface area (Å²) in [6.07, 6.45) is 3.01. The molecular formula is C13H20ClN3O2. The number of pyridine rings is 1. The second kappa shape index (κ2) is 7.31. The van der Waals surface area contributed by atoms with Crippen LogP contribution in [0.2, 0.25) is 5.02 Å². The number of aliphatic hydroxyl groups excluding tert-OH is 1. The van der Waals surface area contributed by atoms with Gasteiger partial charge in [0.2, 0.25) is 0 Å². The van der Waals surface area contributed by atoms with E-state index in [9.17, 15) is 4.79 Å². The highest BCUT2D eigenvalue weighted by molar-refractivity contribution is 6.33. The van der Waals surface area contributed by atoms with Gasteiger partial charge >= 0.3 is 0 Å². The number of hydrogen-bond donors (Lipinski definition) is 2. The van der Waals surface area contributed by atoms with Crippen molar-refractivity contribution in [2.45, 2.75) is 32.7 Å². The number of hydrogen-bond acceptors (Lipinski definition) is 4. The monoisotopic (exact) mass is 285 g/mol. The van der Waals surface area contributed by atoms with Gasteiger partial charge in [-0.15, -0.1) is 0 Å². The first-order valence-corrected chi connectivity index (χ1v) is 6.75. The molecule has 6 heteroatoms. The quantitative estimate of drug-likeness (QED) is 0.837. The van der Waals surface area contributed by atoms with Crippen molar-refractivity contribution in [1.82, 2.24) is 9.88 Å². The molecule has 19 heavy (non-hydrogen) atoms. The maximum absolute atomic E-state index is 12.5. The molecule has 0 spiro atoms. The van der Waals surface area contributed by atoms with E-state index in [2.05, 4.69) is 4.98 Å². The zero-order valence-corrected chi connectivity index (χ0v) is 12.0. The van der Waals surface area contributed by atoms with Crippen molar-refractivity contribution in [2.24, 2.45) is 0 Å². The minimum atomic E-state index is -0.221. The lowest BCUT2D eigenvalue weighted by Crippen LogP contribution is -2.41. The summed E-state index contributed by atoms with van der Waals surface area (Å²) in [5.41, 5.74) is 5.92. The van der Waals surface area contributed by atoms with Crippen LogP contribution in [-0.4, -0.2) is 40.1 Å². The number of halogens is 1. The number of carbonyl (C=O) groups is 1. The molecule has 1 rings (SSSR count). The van der Waals surface area contributed by atoms with E-state index in [1.807, 2.05) is 13.8 Å². The normalized spacial score (nSPS) is 10.8. The molecule has 5 nitrogen and oxygen atoms in total. The van der Waals surface area contributed by atoms with Gasteiger partial charge in [-0.1, -0.05) is 25.4 Å². The summed E-state index contributed by atoms with van der Waals surface area (Å²) in [7, 11) is 0. The molecule has 0 bridgehead atoms. The van der Waals surface area contributed by atoms with Crippen molar-refractivity contribution >= 4 is 23.3 Å². The molecule has 106 valence electrons. The molecule has 0 aromatic carbocycles. The number of aromatic nitrogens is 1. The molecule has 0 saturated carbocycles. The predicted molar refractivity (Wildman–Crippen MR) is 76.2 cm³/mol. The van der Waals surface area contributed by atoms with E-state index in [0.717, 1.165) is 12.8 Å². The van der Waals surface area contributed by atoms with Crippen LogP contribution in [0.25, 0.3) is 0 Å². The molecule has 0 radical (unpaired) electrons. The Morgan fingerprint density at radius 1 is 1.53 bits per heavy atom. The van der Waals surface area contributed by atoms with Gasteiger partial charge in [0.15, 0.2) is 0 Å². The first kappa shape index (κ1) is 15.7. The zero-order valence-electron chi connectivity index (χ0n) is 11.3. The maximum atomic E-state index is 12.5. The average molecular weight is 286 g/mol. The van der Waals surface area contributed by atoms with Gasteiger partial charge in [0.25, 0.3) is 5.91 Å². The summed E-state index contributed by atoms with van der Waals surface area (Å²) in [5, 5.41) is 9.40. The summed E-state index contributed by atoms with van der Waals surface area (Å²) in [6, 6.07) is 1.54. The first-order valence-electron chi connectivity index (χ1n) is 6.37. The van der Waals surface area contributed by atoms with E-state index < -0.39 is 0 Å². The van der Waals surface area contributed by atoms with E-state index in [1.165, 1.54) is 12.3 Å². The summed E-state index contributed by atoms with van der Waals surface area (Å²) >= 11 is 6.00. The van der Waals surface area contributed by atoms with Crippen LogP contribution < -0.4 is 5.73 Å². The molecule has 0 fully saturated rings. The first-order chi connectivity index (χ1) is 9.04. The van der Waals surface area contributed by atoms with E-state index in [-0.39, 0.29) is 35.9 Å². The van der Waals surface area contributed by atoms with Crippen molar-refractivity contribution in [3.05, 3.63) is 22.8 Å². The number of amides is 1. The number of nitrogen functional groups attached to an aromatic ring is 1. The largest absolute Gasteiger partial charge is 0.395 e. The van der Waals surface area contributed by atoms with E-state index in [0.29, 0.717) is 5.56 Å². The fraction of sp³-hybridized carbons (Fsp3) is 0.538. The van der Waals surface area contributed by atoms with Crippen molar-refractivity contribution in [1.29, 1.82) is 0 Å². The Morgan fingerprint density at radius 3 is 2.68 bits per heavy atom. The highest BCUT2D eigenvalue weighted by atomic mass is 35.5. The Labute approximate surface area is 118 Å². The van der Waals surface area contributed by atoms with Gasteiger partial charge in [-0.3, -0.25) is 4.79 Å². The fourth-order valence-electron chi connectivity index (χ4n) is 2.06. The SMILES string of the molecule is CCC(CC)N(CCO)C(=O)c1cc(N)ncc1Cl. The van der Waals surface area contributed by atoms with Gasteiger partial charge < -0.3 is 15.7 Å². The number of aliphatic hydroxyl groups is 1. The van der Waals surface area contributed by atoms with Crippen molar-refractivity contribution in [2.75, 3.05) is 18.9 Å². The maximum Gasteiger partial charge on any atom is 0.255 e. The second-order valence-electron chi connectivity index (χ2n) is 4.28. The molecule has 3 N–H and O–H groups in total. The smallest absolute Gasteiger partial charge is 0.255 e. The summed E-state index contributed by atoms with van der Waals surface area (Å²) in [5.74, 6) is 0.0306. The Bertz CT molecular complexity index is 436. The number of nitrogens with zero attached hydrogens (tertiary/aromatic N) is 2. The molecule has 0 aliphatic heterocycles. The zero-order chi connectivity index (χ0) is 14.4. The molecule has 1 amide bonds. The topological polar surface area (TPSA) is 79.5 Å². The highest BCUT2D eigenvalue weighted by Crippen LogP contribution is 2.21. The third kappa shape index (κ3) is 3.81. The molecule has 0 aliphatic rings. The highest BCUT2D eigenvalue weighted by Gasteiger charge is 2.24. The second-order valence-corrected chi connectivity index (χ2v) is 4.69. The Morgan fingerprint density at radius 2 is 2.16 bits per heavy atom. The number of nitrogens with two attached hydrogens (primary N) is 1. The van der Waals surface area contributed by atoms with Crippen LogP contribution in [0.15, 0.2) is 12.3 Å². The average Bonchev–Trinajstić information content (AvgIpc) is 2.41. The van der Waals surface area contributed by atoms with Gasteiger partial charge in [-0.2, -0.15) is 0 Å². The molecule has 0 aliphatic carbocycles. The third-order valence-electron chi connectivity index (χ3n) is 3.09. The lowest BCUT2D eigenvalue weighted by atomic mass is 10.1. The number of anilines is 1. The summed E-state index contributed by atoms with van der Waals surface area (Å²) in [4.78, 5) is 18.0. The molecule has 0 atom stereocenters. The minimum Gasteiger partial charge on any atom is -0.395 e. The molecule has 0 saturated heterocycles. The van der Waals surface area contributed by atoms with Crippen molar-refractivity contribution < 1.29 is 9.90 Å². The van der Waals surface area contributed by atoms with E-state index >= 15 is 0 Å². The molecular weight excluding hydrogens is 266 g/mol. The lowest BCUT2D eigenvalue weighted by Gasteiger charge is -2.30. The van der Waals surface area contributed by atoms with Gasteiger partial charge in [0, 0.05) is 18.8 Å². The minimum absolute atomic E-state index is 0.0742. The lowest BCUT2D eigenvalue weighted by molar-refractivity contribution is 0.0622. The standard InChI is InChI=1S/C13H20ClN3O2/c1-3-9(4-2)17(5-6-18)13(19)10-7-12(15)16-8-11(10)14/h7-9,18H,3-6H2,1-2H3,(H2,15,16). The van der Waals surface area contributed by atoms with Crippen molar-refractivity contribution in [3.63, 3.8) is 0 Å². The van der Waals surface area contributed by atoms with Gasteiger partial charge in [-0.25, -0.2) is 4.98 Å². The molecule has 1 heterocycles. The van der Waals surface area contributed by atoms with E-state index in [4.69, 9.17) is 22.4 Å². The molecule has 1 aromatic rings. The summed E-state index contributed by atoms with van der Waals surface area (Å²) < 4.78 is 0. The van der Waals surface area contributed by atoms with Crippen LogP contribution >= 0.6 is 11.6 Å². The molecule has 0 unspecified atom stereocenters. The van der Waals surface area contributed by atoms with Crippen LogP contribution in [0.4, 0.5) is 5.82 Å². The fourth-order valence-corrected chi connectivity index (χ4v) is 2.24. The predicted octanol–water partition coefficient (Wildman–Crippen LogP) is 1.94. The Hall–Kier alpha value is -1.33. The van der Waals surface area contributed by atoms with Crippen LogP contribution in [0.3, 0.4) is 0 Å². The third-order valence-corrected chi connectivity index (χ3v) is 3.39. The molecule has 1 aromatic heterocycles. The number of rotatable bonds is 6. The number of carbonyl (C=O) groups excluding carboxylic acids is 1. The van der Waals surface area contributed by atoms with Gasteiger partial charge in [-0.05, 0) is 18.9 Å². The van der Waals surface area contributed by atoms with Gasteiger partial charge in [0.1, 0.15) is 5.82 Å². The van der Waals surface area contributed by atoms with Crippen LogP contribution in [0.1, 0.15) is 37.0 Å². The Balaban J connectivity index is 3.08. The Kier molecular flexibility index (Phi) is 6.05. The van der Waals surface area contributed by atoms with Crippen LogP contribution in [0.5, 0.6) is 0 Å². The summed E-state index contributed by atoms with van der Waals surface area (Å²) in [6.45, 7) is 4.22. The van der Waals surface area contributed by atoms with Crippen molar-refractivity contribution in [3.8, 4) is 0 Å². The van der Waals surface area contributed by atoms with Gasteiger partial charge in [0.05, 0.1) is 17.2 Å². The van der Waals surface area contributed by atoms with E-state index in [1.54, 1.807) is 4.90 Å². The van der Waals surface area contributed by atoms with Crippen LogP contribution in [-0.2, 0) is 0 Å².